The summed E-state index contributed by atoms with van der Waals surface area (Å²) in [4.78, 5) is 11.9. The van der Waals surface area contributed by atoms with E-state index < -0.39 is 0 Å². The van der Waals surface area contributed by atoms with Crippen molar-refractivity contribution in [3.63, 3.8) is 0 Å². The van der Waals surface area contributed by atoms with E-state index in [-0.39, 0.29) is 11.8 Å². The minimum atomic E-state index is 0.107. The molecule has 6 heteroatoms. The van der Waals surface area contributed by atoms with E-state index in [4.69, 9.17) is 0 Å². The van der Waals surface area contributed by atoms with Gasteiger partial charge in [0.05, 0.1) is 5.69 Å². The summed E-state index contributed by atoms with van der Waals surface area (Å²) >= 11 is 0. The Balaban J connectivity index is 1.68. The standard InChI is InChI=1S/C16H15N5O/c1-10-18-19-15-8-7-14(20-21(10)15)12-3-2-4-13(9-12)17-16(22)11-5-6-11/h2-4,7-9,11H,5-6H2,1H3,(H,17,22). The molecule has 0 unspecified atom stereocenters. The number of carbonyl (C=O) groups is 1. The maximum atomic E-state index is 11.9. The Morgan fingerprint density at radius 2 is 2.09 bits per heavy atom. The van der Waals surface area contributed by atoms with Gasteiger partial charge in [0.15, 0.2) is 11.5 Å². The number of nitrogens with one attached hydrogen (secondary N) is 1. The topological polar surface area (TPSA) is 72.2 Å². The van der Waals surface area contributed by atoms with Crippen molar-refractivity contribution in [2.45, 2.75) is 19.8 Å². The first-order valence-electron chi connectivity index (χ1n) is 7.31. The van der Waals surface area contributed by atoms with Crippen molar-refractivity contribution in [2.24, 2.45) is 5.92 Å². The Bertz CT molecular complexity index is 866. The number of aromatic nitrogens is 4. The summed E-state index contributed by atoms with van der Waals surface area (Å²) in [5.74, 6) is 1.04. The van der Waals surface area contributed by atoms with Gasteiger partial charge in [0.1, 0.15) is 0 Å². The Labute approximate surface area is 127 Å². The molecule has 1 aliphatic carbocycles. The second-order valence-corrected chi connectivity index (χ2v) is 5.58. The van der Waals surface area contributed by atoms with E-state index in [2.05, 4.69) is 20.6 Å². The molecule has 0 saturated heterocycles. The molecule has 2 heterocycles. The van der Waals surface area contributed by atoms with Crippen LogP contribution in [-0.4, -0.2) is 25.7 Å². The number of carbonyl (C=O) groups excluding carboxylic acids is 1. The number of fused-ring (bicyclic) bond motifs is 1. The molecule has 1 amide bonds. The fourth-order valence-corrected chi connectivity index (χ4v) is 2.40. The Morgan fingerprint density at radius 3 is 2.91 bits per heavy atom. The molecule has 3 aromatic rings. The molecule has 1 fully saturated rings. The van der Waals surface area contributed by atoms with Crippen LogP contribution < -0.4 is 5.32 Å². The van der Waals surface area contributed by atoms with Crippen molar-refractivity contribution < 1.29 is 4.79 Å². The first-order valence-corrected chi connectivity index (χ1v) is 7.31. The quantitative estimate of drug-likeness (QED) is 0.805. The predicted molar refractivity (Wildman–Crippen MR) is 82.3 cm³/mol. The van der Waals surface area contributed by atoms with Crippen LogP contribution in [0.3, 0.4) is 0 Å². The smallest absolute Gasteiger partial charge is 0.227 e. The average Bonchev–Trinajstić information content (AvgIpc) is 3.32. The summed E-state index contributed by atoms with van der Waals surface area (Å²) in [6.07, 6.45) is 1.99. The highest BCUT2D eigenvalue weighted by atomic mass is 16.2. The summed E-state index contributed by atoms with van der Waals surface area (Å²) in [7, 11) is 0. The van der Waals surface area contributed by atoms with Crippen molar-refractivity contribution in [3.05, 3.63) is 42.2 Å². The van der Waals surface area contributed by atoms with E-state index in [1.54, 1.807) is 4.52 Å². The molecule has 4 rings (SSSR count). The van der Waals surface area contributed by atoms with Gasteiger partial charge >= 0.3 is 0 Å². The van der Waals surface area contributed by atoms with Crippen molar-refractivity contribution in [1.82, 2.24) is 19.8 Å². The number of hydrogen-bond acceptors (Lipinski definition) is 4. The van der Waals surface area contributed by atoms with Crippen LogP contribution in [0.25, 0.3) is 16.9 Å². The molecule has 1 aliphatic rings. The van der Waals surface area contributed by atoms with Crippen molar-refractivity contribution in [2.75, 3.05) is 5.32 Å². The Kier molecular flexibility index (Phi) is 2.89. The highest BCUT2D eigenvalue weighted by Gasteiger charge is 2.29. The minimum absolute atomic E-state index is 0.107. The number of rotatable bonds is 3. The van der Waals surface area contributed by atoms with E-state index >= 15 is 0 Å². The zero-order valence-electron chi connectivity index (χ0n) is 12.2. The van der Waals surface area contributed by atoms with E-state index in [1.165, 1.54) is 0 Å². The molecule has 0 spiro atoms. The normalized spacial score (nSPS) is 14.2. The van der Waals surface area contributed by atoms with Crippen molar-refractivity contribution >= 4 is 17.2 Å². The van der Waals surface area contributed by atoms with Gasteiger partial charge in [0, 0.05) is 17.2 Å². The van der Waals surface area contributed by atoms with Crippen LogP contribution in [0.1, 0.15) is 18.7 Å². The van der Waals surface area contributed by atoms with Gasteiger partial charge < -0.3 is 5.32 Å². The van der Waals surface area contributed by atoms with Crippen LogP contribution in [0.15, 0.2) is 36.4 Å². The highest BCUT2D eigenvalue weighted by Crippen LogP contribution is 2.30. The van der Waals surface area contributed by atoms with E-state index in [0.717, 1.165) is 41.3 Å². The average molecular weight is 293 g/mol. The van der Waals surface area contributed by atoms with E-state index in [0.29, 0.717) is 0 Å². The van der Waals surface area contributed by atoms with Crippen LogP contribution >= 0.6 is 0 Å². The predicted octanol–water partition coefficient (Wildman–Crippen LogP) is 2.45. The molecule has 0 aliphatic heterocycles. The fourth-order valence-electron chi connectivity index (χ4n) is 2.40. The first kappa shape index (κ1) is 12.9. The molecular weight excluding hydrogens is 278 g/mol. The molecule has 1 N–H and O–H groups in total. The summed E-state index contributed by atoms with van der Waals surface area (Å²) in [5, 5.41) is 15.5. The third kappa shape index (κ3) is 2.32. The minimum Gasteiger partial charge on any atom is -0.326 e. The molecular formula is C16H15N5O. The maximum absolute atomic E-state index is 11.9. The monoisotopic (exact) mass is 293 g/mol. The largest absolute Gasteiger partial charge is 0.326 e. The molecule has 6 nitrogen and oxygen atoms in total. The van der Waals surface area contributed by atoms with Crippen LogP contribution in [0.2, 0.25) is 0 Å². The molecule has 0 bridgehead atoms. The third-order valence-electron chi connectivity index (χ3n) is 3.79. The highest BCUT2D eigenvalue weighted by molar-refractivity contribution is 5.94. The lowest BCUT2D eigenvalue weighted by Crippen LogP contribution is -2.13. The summed E-state index contributed by atoms with van der Waals surface area (Å²) in [6, 6.07) is 11.5. The van der Waals surface area contributed by atoms with Crippen LogP contribution in [0, 0.1) is 12.8 Å². The summed E-state index contributed by atoms with van der Waals surface area (Å²) < 4.78 is 1.71. The number of benzene rings is 1. The molecule has 22 heavy (non-hydrogen) atoms. The number of aryl methyl sites for hydroxylation is 1. The van der Waals surface area contributed by atoms with Gasteiger partial charge in [-0.3, -0.25) is 4.79 Å². The second-order valence-electron chi connectivity index (χ2n) is 5.58. The number of nitrogens with zero attached hydrogens (tertiary/aromatic N) is 4. The van der Waals surface area contributed by atoms with Gasteiger partial charge in [-0.1, -0.05) is 12.1 Å². The van der Waals surface area contributed by atoms with Gasteiger partial charge in [0.25, 0.3) is 0 Å². The molecule has 110 valence electrons. The zero-order chi connectivity index (χ0) is 15.1. The number of anilines is 1. The molecule has 1 saturated carbocycles. The van der Waals surface area contributed by atoms with Gasteiger partial charge in [-0.25, -0.2) is 0 Å². The number of hydrogen-bond donors (Lipinski definition) is 1. The SMILES string of the molecule is Cc1nnc2ccc(-c3cccc(NC(=O)C4CC4)c3)nn12. The van der Waals surface area contributed by atoms with Gasteiger partial charge in [-0.05, 0) is 44.0 Å². The van der Waals surface area contributed by atoms with Crippen LogP contribution in [0.4, 0.5) is 5.69 Å². The van der Waals surface area contributed by atoms with Crippen LogP contribution in [0.5, 0.6) is 0 Å². The lowest BCUT2D eigenvalue weighted by molar-refractivity contribution is -0.117. The van der Waals surface area contributed by atoms with E-state index in [9.17, 15) is 4.79 Å². The first-order chi connectivity index (χ1) is 10.7. The van der Waals surface area contributed by atoms with Gasteiger partial charge in [0.2, 0.25) is 5.91 Å². The lowest BCUT2D eigenvalue weighted by Gasteiger charge is -2.07. The fraction of sp³-hybridized carbons (Fsp3) is 0.250. The van der Waals surface area contributed by atoms with Gasteiger partial charge in [-0.15, -0.1) is 10.2 Å². The molecule has 2 aromatic heterocycles. The maximum Gasteiger partial charge on any atom is 0.227 e. The Morgan fingerprint density at radius 1 is 1.23 bits per heavy atom. The molecule has 0 radical (unpaired) electrons. The van der Waals surface area contributed by atoms with Gasteiger partial charge in [-0.2, -0.15) is 9.61 Å². The van der Waals surface area contributed by atoms with Crippen molar-refractivity contribution in [1.29, 1.82) is 0 Å². The molecule has 1 aromatic carbocycles. The van der Waals surface area contributed by atoms with E-state index in [1.807, 2.05) is 43.3 Å². The zero-order valence-corrected chi connectivity index (χ0v) is 12.2. The third-order valence-corrected chi connectivity index (χ3v) is 3.79. The summed E-state index contributed by atoms with van der Waals surface area (Å²) in [6.45, 7) is 1.86. The van der Waals surface area contributed by atoms with Crippen LogP contribution in [-0.2, 0) is 4.79 Å². The lowest BCUT2D eigenvalue weighted by atomic mass is 10.1. The van der Waals surface area contributed by atoms with Crippen molar-refractivity contribution in [3.8, 4) is 11.3 Å². The Hall–Kier alpha value is -2.76. The second kappa shape index (κ2) is 4.91. The molecule has 0 atom stereocenters. The number of amides is 1. The summed E-state index contributed by atoms with van der Waals surface area (Å²) in [5.41, 5.74) is 3.29.